The fourth-order valence-corrected chi connectivity index (χ4v) is 4.59. The Balaban J connectivity index is 1.81. The van der Waals surface area contributed by atoms with Crippen LogP contribution in [0.25, 0.3) is 10.0 Å². The summed E-state index contributed by atoms with van der Waals surface area (Å²) >= 11 is 2.84. The topological polar surface area (TPSA) is 42.9 Å². The smallest absolute Gasteiger partial charge is 0.182 e. The van der Waals surface area contributed by atoms with Gasteiger partial charge in [0.05, 0.1) is 0 Å². The zero-order valence-corrected chi connectivity index (χ0v) is 16.7. The molecule has 2 heterocycles. The summed E-state index contributed by atoms with van der Waals surface area (Å²) in [5, 5.41) is 3.33. The van der Waals surface area contributed by atoms with Crippen molar-refractivity contribution in [2.45, 2.75) is 45.7 Å². The molecule has 3 rings (SSSR count). The van der Waals surface area contributed by atoms with Crippen molar-refractivity contribution in [1.82, 2.24) is 9.97 Å². The summed E-state index contributed by atoms with van der Waals surface area (Å²) in [6.07, 6.45) is 2.91. The molecule has 3 nitrogen and oxygen atoms in total. The molecular formula is C20H21FN2OS2. The first-order chi connectivity index (χ1) is 12.3. The highest BCUT2D eigenvalue weighted by Gasteiger charge is 2.25. The first kappa shape index (κ1) is 18.9. The maximum absolute atomic E-state index is 14.2. The summed E-state index contributed by atoms with van der Waals surface area (Å²) in [6, 6.07) is 8.16. The van der Waals surface area contributed by atoms with Crippen molar-refractivity contribution >= 4 is 28.5 Å². The SMILES string of the molecule is Cc1ccc(CCC(=O)c2nc(-c3nccs3)sc2CC(C)(C)F)cc1. The molecule has 0 radical (unpaired) electrons. The van der Waals surface area contributed by atoms with Gasteiger partial charge in [0.15, 0.2) is 15.8 Å². The molecule has 2 aromatic heterocycles. The van der Waals surface area contributed by atoms with Crippen LogP contribution in [0.3, 0.4) is 0 Å². The molecule has 0 aliphatic heterocycles. The summed E-state index contributed by atoms with van der Waals surface area (Å²) < 4.78 is 14.2. The standard InChI is InChI=1S/C20H21FN2OS2/c1-13-4-6-14(7-5-13)8-9-15(24)17-16(12-20(2,3)21)26-19(23-17)18-22-10-11-25-18/h4-7,10-11H,8-9,12H2,1-3H3. The summed E-state index contributed by atoms with van der Waals surface area (Å²) in [6.45, 7) is 5.09. The second-order valence-corrected chi connectivity index (χ2v) is 8.91. The van der Waals surface area contributed by atoms with E-state index in [9.17, 15) is 9.18 Å². The van der Waals surface area contributed by atoms with Crippen molar-refractivity contribution in [2.24, 2.45) is 0 Å². The predicted molar refractivity (Wildman–Crippen MR) is 106 cm³/mol. The van der Waals surface area contributed by atoms with Crippen LogP contribution in [0, 0.1) is 6.92 Å². The zero-order chi connectivity index (χ0) is 18.7. The van der Waals surface area contributed by atoms with Crippen molar-refractivity contribution in [2.75, 3.05) is 0 Å². The van der Waals surface area contributed by atoms with Crippen LogP contribution in [-0.2, 0) is 12.8 Å². The largest absolute Gasteiger partial charge is 0.292 e. The van der Waals surface area contributed by atoms with Gasteiger partial charge in [0.2, 0.25) is 0 Å². The Kier molecular flexibility index (Phi) is 5.63. The minimum Gasteiger partial charge on any atom is -0.292 e. The minimum absolute atomic E-state index is 0.0381. The Bertz CT molecular complexity index is 878. The van der Waals surface area contributed by atoms with Gasteiger partial charge in [-0.05, 0) is 32.8 Å². The van der Waals surface area contributed by atoms with Gasteiger partial charge < -0.3 is 0 Å². The van der Waals surface area contributed by atoms with Crippen molar-refractivity contribution in [3.05, 3.63) is 57.5 Å². The average Bonchev–Trinajstić information content (AvgIpc) is 3.22. The number of alkyl halides is 1. The van der Waals surface area contributed by atoms with Crippen LogP contribution in [0.5, 0.6) is 0 Å². The molecule has 0 fully saturated rings. The predicted octanol–water partition coefficient (Wildman–Crippen LogP) is 5.68. The van der Waals surface area contributed by atoms with Crippen LogP contribution in [0.15, 0.2) is 35.8 Å². The van der Waals surface area contributed by atoms with E-state index in [0.717, 1.165) is 10.6 Å². The van der Waals surface area contributed by atoms with Gasteiger partial charge in [0.1, 0.15) is 11.4 Å². The Morgan fingerprint density at radius 2 is 1.92 bits per heavy atom. The number of benzene rings is 1. The van der Waals surface area contributed by atoms with Crippen LogP contribution < -0.4 is 0 Å². The van der Waals surface area contributed by atoms with Gasteiger partial charge >= 0.3 is 0 Å². The molecule has 0 atom stereocenters. The van der Waals surface area contributed by atoms with E-state index in [2.05, 4.69) is 9.97 Å². The van der Waals surface area contributed by atoms with Gasteiger partial charge in [-0.2, -0.15) is 0 Å². The molecule has 0 amide bonds. The Morgan fingerprint density at radius 1 is 1.19 bits per heavy atom. The van der Waals surface area contributed by atoms with E-state index < -0.39 is 5.67 Å². The quantitative estimate of drug-likeness (QED) is 0.489. The Hall–Kier alpha value is -1.92. The Labute approximate surface area is 161 Å². The lowest BCUT2D eigenvalue weighted by atomic mass is 10.0. The first-order valence-corrected chi connectivity index (χ1v) is 10.2. The van der Waals surface area contributed by atoms with Crippen LogP contribution in [0.2, 0.25) is 0 Å². The number of halogens is 1. The third-order valence-corrected chi connectivity index (χ3v) is 5.89. The fourth-order valence-electron chi connectivity index (χ4n) is 2.62. The normalized spacial score (nSPS) is 11.7. The Morgan fingerprint density at radius 3 is 2.54 bits per heavy atom. The van der Waals surface area contributed by atoms with Crippen molar-refractivity contribution in [1.29, 1.82) is 0 Å². The molecule has 0 aliphatic carbocycles. The van der Waals surface area contributed by atoms with E-state index in [1.807, 2.05) is 36.6 Å². The van der Waals surface area contributed by atoms with Crippen LogP contribution in [0.1, 0.15) is 46.8 Å². The number of hydrogen-bond donors (Lipinski definition) is 0. The maximum atomic E-state index is 14.2. The van der Waals surface area contributed by atoms with E-state index in [4.69, 9.17) is 0 Å². The molecule has 0 aliphatic rings. The summed E-state index contributed by atoms with van der Waals surface area (Å²) in [4.78, 5) is 22.3. The van der Waals surface area contributed by atoms with Crippen LogP contribution >= 0.6 is 22.7 Å². The summed E-state index contributed by atoms with van der Waals surface area (Å²) in [5.41, 5.74) is 1.32. The van der Waals surface area contributed by atoms with Gasteiger partial charge in [-0.3, -0.25) is 4.79 Å². The molecule has 136 valence electrons. The molecule has 0 N–H and O–H groups in total. The summed E-state index contributed by atoms with van der Waals surface area (Å²) in [7, 11) is 0. The highest BCUT2D eigenvalue weighted by molar-refractivity contribution is 7.20. The van der Waals surface area contributed by atoms with Crippen LogP contribution in [-0.4, -0.2) is 21.4 Å². The zero-order valence-electron chi connectivity index (χ0n) is 15.1. The minimum atomic E-state index is -1.39. The molecular weight excluding hydrogens is 367 g/mol. The van der Waals surface area contributed by atoms with Crippen molar-refractivity contribution in [3.8, 4) is 10.0 Å². The monoisotopic (exact) mass is 388 g/mol. The van der Waals surface area contributed by atoms with Gasteiger partial charge in [-0.1, -0.05) is 29.8 Å². The molecule has 3 aromatic rings. The number of aromatic nitrogens is 2. The fraction of sp³-hybridized carbons (Fsp3) is 0.350. The number of aryl methyl sites for hydroxylation is 2. The second kappa shape index (κ2) is 7.76. The third-order valence-electron chi connectivity index (χ3n) is 3.92. The number of nitrogens with zero attached hydrogens (tertiary/aromatic N) is 2. The highest BCUT2D eigenvalue weighted by Crippen LogP contribution is 2.33. The second-order valence-electron chi connectivity index (χ2n) is 6.93. The van der Waals surface area contributed by atoms with E-state index in [1.165, 1.54) is 42.1 Å². The highest BCUT2D eigenvalue weighted by atomic mass is 32.1. The average molecular weight is 389 g/mol. The van der Waals surface area contributed by atoms with E-state index in [-0.39, 0.29) is 12.2 Å². The molecule has 0 spiro atoms. The summed E-state index contributed by atoms with van der Waals surface area (Å²) in [5.74, 6) is -0.0381. The lowest BCUT2D eigenvalue weighted by Gasteiger charge is -2.12. The van der Waals surface area contributed by atoms with Gasteiger partial charge in [0.25, 0.3) is 0 Å². The van der Waals surface area contributed by atoms with E-state index in [0.29, 0.717) is 28.4 Å². The van der Waals surface area contributed by atoms with Crippen LogP contribution in [0.4, 0.5) is 4.39 Å². The molecule has 6 heteroatoms. The molecule has 26 heavy (non-hydrogen) atoms. The first-order valence-electron chi connectivity index (χ1n) is 8.49. The molecule has 0 unspecified atom stereocenters. The number of carbonyl (C=O) groups is 1. The third kappa shape index (κ3) is 4.83. The molecule has 0 saturated heterocycles. The maximum Gasteiger partial charge on any atom is 0.182 e. The number of thiazole rings is 2. The number of carbonyl (C=O) groups excluding carboxylic acids is 1. The number of rotatable bonds is 7. The van der Waals surface area contributed by atoms with Gasteiger partial charge in [-0.15, -0.1) is 22.7 Å². The van der Waals surface area contributed by atoms with E-state index >= 15 is 0 Å². The van der Waals surface area contributed by atoms with Gasteiger partial charge in [0, 0.05) is 29.3 Å². The number of ketones is 1. The molecule has 0 bridgehead atoms. The number of hydrogen-bond acceptors (Lipinski definition) is 5. The number of Topliss-reactive ketones (excluding diaryl/α,β-unsaturated/α-hetero) is 1. The lowest BCUT2D eigenvalue weighted by Crippen LogP contribution is -2.17. The van der Waals surface area contributed by atoms with E-state index in [1.54, 1.807) is 6.20 Å². The lowest BCUT2D eigenvalue weighted by molar-refractivity contribution is 0.0977. The molecule has 0 saturated carbocycles. The van der Waals surface area contributed by atoms with Crippen molar-refractivity contribution in [3.63, 3.8) is 0 Å². The molecule has 1 aromatic carbocycles. The van der Waals surface area contributed by atoms with Crippen molar-refractivity contribution < 1.29 is 9.18 Å². The van der Waals surface area contributed by atoms with Gasteiger partial charge in [-0.25, -0.2) is 14.4 Å².